The smallest absolute Gasteiger partial charge is 0.203 e. The van der Waals surface area contributed by atoms with E-state index in [9.17, 15) is 9.59 Å². The van der Waals surface area contributed by atoms with E-state index in [2.05, 4.69) is 41.3 Å². The topological polar surface area (TPSA) is 55.8 Å². The molecule has 1 aliphatic heterocycles. The summed E-state index contributed by atoms with van der Waals surface area (Å²) in [4.78, 5) is 27.4. The van der Waals surface area contributed by atoms with Crippen molar-refractivity contribution >= 4 is 11.6 Å². The number of Topliss-reactive ketones (excluding diaryl/α,β-unsaturated/α-hetero) is 2. The predicted molar refractivity (Wildman–Crippen MR) is 122 cm³/mol. The summed E-state index contributed by atoms with van der Waals surface area (Å²) in [5.74, 6) is 0.457. The number of likely N-dealkylation sites (tertiary alicyclic amines) is 1. The van der Waals surface area contributed by atoms with E-state index in [0.29, 0.717) is 19.4 Å². The summed E-state index contributed by atoms with van der Waals surface area (Å²) >= 11 is 0. The van der Waals surface area contributed by atoms with Gasteiger partial charge in [-0.25, -0.2) is 0 Å². The quantitative estimate of drug-likeness (QED) is 0.637. The maximum atomic E-state index is 12.6. The average molecular weight is 434 g/mol. The Balaban J connectivity index is 1.25. The van der Waals surface area contributed by atoms with Crippen LogP contribution >= 0.6 is 0 Å². The van der Waals surface area contributed by atoms with E-state index in [1.165, 1.54) is 19.3 Å². The molecule has 1 heterocycles. The fourth-order valence-electron chi connectivity index (χ4n) is 5.83. The second-order valence-electron chi connectivity index (χ2n) is 9.36. The van der Waals surface area contributed by atoms with E-state index < -0.39 is 0 Å². The van der Waals surface area contributed by atoms with Gasteiger partial charge in [-0.15, -0.1) is 0 Å². The first-order valence-corrected chi connectivity index (χ1v) is 11.8. The highest BCUT2D eigenvalue weighted by Gasteiger charge is 2.55. The molecule has 0 spiro atoms. The van der Waals surface area contributed by atoms with E-state index in [4.69, 9.17) is 9.47 Å². The van der Waals surface area contributed by atoms with E-state index >= 15 is 0 Å². The normalized spacial score (nSPS) is 28.2. The van der Waals surface area contributed by atoms with Crippen LogP contribution in [0.5, 0.6) is 5.75 Å². The molecule has 4 unspecified atom stereocenters. The molecule has 5 heteroatoms. The van der Waals surface area contributed by atoms with Gasteiger partial charge in [0.15, 0.2) is 5.78 Å². The summed E-state index contributed by atoms with van der Waals surface area (Å²) in [5, 5.41) is 0. The number of ketones is 2. The van der Waals surface area contributed by atoms with Gasteiger partial charge in [-0.1, -0.05) is 42.8 Å². The number of hydrogen-bond acceptors (Lipinski definition) is 5. The van der Waals surface area contributed by atoms with Crippen LogP contribution < -0.4 is 4.74 Å². The van der Waals surface area contributed by atoms with Gasteiger partial charge in [0.05, 0.1) is 19.8 Å². The predicted octanol–water partition coefficient (Wildman–Crippen LogP) is 4.28. The lowest BCUT2D eigenvalue weighted by atomic mass is 9.80. The lowest BCUT2D eigenvalue weighted by Gasteiger charge is -2.40. The number of ether oxygens (including phenoxy) is 2. The first kappa shape index (κ1) is 21.4. The molecule has 0 aromatic heterocycles. The minimum atomic E-state index is -0.191. The maximum Gasteiger partial charge on any atom is 0.203 e. The number of piperidine rings is 1. The Morgan fingerprint density at radius 1 is 0.906 bits per heavy atom. The number of hydrogen-bond donors (Lipinski definition) is 0. The van der Waals surface area contributed by atoms with Gasteiger partial charge >= 0.3 is 0 Å². The molecule has 5 nitrogen and oxygen atoms in total. The molecule has 2 aromatic carbocycles. The fraction of sp³-hybridized carbons (Fsp3) is 0.481. The van der Waals surface area contributed by atoms with Crippen LogP contribution in [0.1, 0.15) is 37.7 Å². The zero-order chi connectivity index (χ0) is 22.1. The number of fused-ring (bicyclic) bond motifs is 2. The number of carbonyl (C=O) groups is 2. The van der Waals surface area contributed by atoms with Crippen LogP contribution in [0.3, 0.4) is 0 Å². The van der Waals surface area contributed by atoms with Crippen LogP contribution in [-0.2, 0) is 20.9 Å². The van der Waals surface area contributed by atoms with Gasteiger partial charge < -0.3 is 9.47 Å². The molecule has 32 heavy (non-hydrogen) atoms. The summed E-state index contributed by atoms with van der Waals surface area (Å²) in [6, 6.07) is 16.6. The maximum absolute atomic E-state index is 12.6. The Labute approximate surface area is 189 Å². The molecule has 2 saturated carbocycles. The van der Waals surface area contributed by atoms with Crippen LogP contribution in [0, 0.1) is 11.8 Å². The summed E-state index contributed by atoms with van der Waals surface area (Å²) in [6.45, 7) is 2.59. The molecule has 3 aliphatic rings. The van der Waals surface area contributed by atoms with Crippen molar-refractivity contribution in [1.29, 1.82) is 0 Å². The molecule has 5 rings (SSSR count). The van der Waals surface area contributed by atoms with Gasteiger partial charge in [0.25, 0.3) is 0 Å². The summed E-state index contributed by atoms with van der Waals surface area (Å²) in [6.07, 6.45) is 4.63. The Bertz CT molecular complexity index is 962. The highest BCUT2D eigenvalue weighted by molar-refractivity contribution is 6.39. The first-order chi connectivity index (χ1) is 15.6. The molecule has 0 N–H and O–H groups in total. The van der Waals surface area contributed by atoms with Crippen molar-refractivity contribution in [3.8, 4) is 16.9 Å². The molecule has 0 amide bonds. The third kappa shape index (κ3) is 4.12. The van der Waals surface area contributed by atoms with Gasteiger partial charge in [-0.2, -0.15) is 0 Å². The number of carbonyl (C=O) groups excluding carboxylic acids is 2. The van der Waals surface area contributed by atoms with Crippen molar-refractivity contribution in [3.63, 3.8) is 0 Å². The number of benzene rings is 2. The van der Waals surface area contributed by atoms with Crippen molar-refractivity contribution in [2.45, 2.75) is 50.9 Å². The highest BCUT2D eigenvalue weighted by atomic mass is 16.5. The molecule has 2 aromatic rings. The van der Waals surface area contributed by atoms with Crippen molar-refractivity contribution in [2.24, 2.45) is 11.8 Å². The summed E-state index contributed by atoms with van der Waals surface area (Å²) in [7, 11) is 1.67. The standard InChI is InChI=1S/C27H31NO4/c1-31-21-11-9-20(10-12-21)19-7-5-18(6-8-19)17-32-25-16-23-26(28-13-3-2-4-14-28)22(25)15-24(29)27(23)30/h5-12,22-23,25-26H,2-4,13-17H2,1H3. The molecule has 1 saturated heterocycles. The molecule has 4 atom stereocenters. The van der Waals surface area contributed by atoms with Crippen LogP contribution in [0.15, 0.2) is 48.5 Å². The van der Waals surface area contributed by atoms with Crippen molar-refractivity contribution in [2.75, 3.05) is 20.2 Å². The SMILES string of the molecule is COc1ccc(-c2ccc(COC3CC4C(=O)C(=O)CC3C4N3CCCCC3)cc2)cc1. The van der Waals surface area contributed by atoms with Gasteiger partial charge in [0.1, 0.15) is 5.75 Å². The molecular weight excluding hydrogens is 402 g/mol. The molecule has 168 valence electrons. The zero-order valence-corrected chi connectivity index (χ0v) is 18.7. The van der Waals surface area contributed by atoms with Crippen molar-refractivity contribution in [3.05, 3.63) is 54.1 Å². The fourth-order valence-corrected chi connectivity index (χ4v) is 5.83. The summed E-state index contributed by atoms with van der Waals surface area (Å²) in [5.41, 5.74) is 3.40. The van der Waals surface area contributed by atoms with Gasteiger partial charge in [0.2, 0.25) is 5.78 Å². The Morgan fingerprint density at radius 3 is 2.22 bits per heavy atom. The lowest BCUT2D eigenvalue weighted by Crippen LogP contribution is -2.52. The molecule has 3 fully saturated rings. The van der Waals surface area contributed by atoms with Crippen LogP contribution in [0.2, 0.25) is 0 Å². The van der Waals surface area contributed by atoms with Crippen LogP contribution in [-0.4, -0.2) is 48.8 Å². The zero-order valence-electron chi connectivity index (χ0n) is 18.7. The van der Waals surface area contributed by atoms with Crippen LogP contribution in [0.4, 0.5) is 0 Å². The minimum Gasteiger partial charge on any atom is -0.497 e. The number of nitrogens with zero attached hydrogens (tertiary/aromatic N) is 1. The third-order valence-electron chi connectivity index (χ3n) is 7.50. The van der Waals surface area contributed by atoms with E-state index in [0.717, 1.165) is 35.5 Å². The lowest BCUT2D eigenvalue weighted by molar-refractivity contribution is -0.143. The van der Waals surface area contributed by atoms with Crippen molar-refractivity contribution < 1.29 is 19.1 Å². The van der Waals surface area contributed by atoms with E-state index in [1.54, 1.807) is 7.11 Å². The minimum absolute atomic E-state index is 0.0245. The molecule has 2 bridgehead atoms. The second-order valence-corrected chi connectivity index (χ2v) is 9.36. The van der Waals surface area contributed by atoms with Crippen molar-refractivity contribution in [1.82, 2.24) is 4.90 Å². The Hall–Kier alpha value is -2.50. The monoisotopic (exact) mass is 433 g/mol. The first-order valence-electron chi connectivity index (χ1n) is 11.8. The second kappa shape index (κ2) is 9.16. The largest absolute Gasteiger partial charge is 0.497 e. The summed E-state index contributed by atoms with van der Waals surface area (Å²) < 4.78 is 11.6. The molecular formula is C27H31NO4. The number of methoxy groups -OCH3 is 1. The highest BCUT2D eigenvalue weighted by Crippen LogP contribution is 2.44. The Kier molecular flexibility index (Phi) is 6.11. The van der Waals surface area contributed by atoms with Crippen LogP contribution in [0.25, 0.3) is 11.1 Å². The Morgan fingerprint density at radius 2 is 1.56 bits per heavy atom. The van der Waals surface area contributed by atoms with E-state index in [-0.39, 0.29) is 35.5 Å². The average Bonchev–Trinajstić information content (AvgIpc) is 3.15. The van der Waals surface area contributed by atoms with Gasteiger partial charge in [-0.05, 0) is 61.2 Å². The van der Waals surface area contributed by atoms with Gasteiger partial charge in [-0.3, -0.25) is 14.5 Å². The third-order valence-corrected chi connectivity index (χ3v) is 7.50. The molecule has 0 radical (unpaired) electrons. The van der Waals surface area contributed by atoms with Gasteiger partial charge in [0, 0.05) is 24.3 Å². The molecule has 2 aliphatic carbocycles. The number of rotatable bonds is 6. The van der Waals surface area contributed by atoms with E-state index in [1.807, 2.05) is 12.1 Å².